The van der Waals surface area contributed by atoms with Gasteiger partial charge in [0, 0.05) is 29.5 Å². The van der Waals surface area contributed by atoms with Crippen LogP contribution in [0, 0.1) is 0 Å². The average molecular weight is 379 g/mol. The Hall–Kier alpha value is -2.31. The number of H-pyrrole nitrogens is 1. The van der Waals surface area contributed by atoms with Gasteiger partial charge in [-0.15, -0.1) is 0 Å². The third kappa shape index (κ3) is 5.15. The van der Waals surface area contributed by atoms with Crippen LogP contribution in [0.25, 0.3) is 22.4 Å². The Morgan fingerprint density at radius 1 is 0.893 bits per heavy atom. The number of aromatic amines is 1. The molecule has 28 heavy (non-hydrogen) atoms. The van der Waals surface area contributed by atoms with Crippen LogP contribution in [-0.4, -0.2) is 35.3 Å². The molecule has 0 saturated heterocycles. The van der Waals surface area contributed by atoms with Crippen molar-refractivity contribution in [3.63, 3.8) is 0 Å². The maximum atomic E-state index is 6.20. The molecule has 3 aromatic rings. The molecule has 1 aromatic heterocycles. The third-order valence-corrected chi connectivity index (χ3v) is 4.15. The number of imidazole rings is 1. The smallest absolute Gasteiger partial charge is 0.403 e. The summed E-state index contributed by atoms with van der Waals surface area (Å²) in [5.41, 5.74) is 4.33. The van der Waals surface area contributed by atoms with E-state index in [2.05, 4.69) is 28.5 Å². The van der Waals surface area contributed by atoms with Crippen molar-refractivity contribution in [3.05, 3.63) is 42.5 Å². The second-order valence-electron chi connectivity index (χ2n) is 8.98. The Balaban J connectivity index is 1.95. The van der Waals surface area contributed by atoms with Gasteiger partial charge in [0.05, 0.1) is 11.0 Å². The number of hydrogen-bond donors (Lipinski definition) is 2. The maximum absolute atomic E-state index is 6.20. The van der Waals surface area contributed by atoms with Crippen molar-refractivity contribution in [1.29, 1.82) is 0 Å². The lowest BCUT2D eigenvalue weighted by atomic mass is 9.76. The van der Waals surface area contributed by atoms with E-state index in [1.807, 2.05) is 72.9 Å². The molecular formula is C22H30BN3O2. The third-order valence-electron chi connectivity index (χ3n) is 4.15. The van der Waals surface area contributed by atoms with Crippen LogP contribution in [0.15, 0.2) is 42.5 Å². The first-order chi connectivity index (χ1) is 13.0. The average Bonchev–Trinajstić information content (AvgIpc) is 3.02. The number of benzene rings is 2. The minimum absolute atomic E-state index is 0.320. The molecule has 3 rings (SSSR count). The predicted molar refractivity (Wildman–Crippen MR) is 118 cm³/mol. The van der Waals surface area contributed by atoms with Crippen LogP contribution >= 0.6 is 0 Å². The van der Waals surface area contributed by atoms with Gasteiger partial charge >= 0.3 is 7.12 Å². The van der Waals surface area contributed by atoms with E-state index in [0.29, 0.717) is 0 Å². The maximum Gasteiger partial charge on any atom is 0.494 e. The van der Waals surface area contributed by atoms with Crippen LogP contribution in [0.3, 0.4) is 0 Å². The van der Waals surface area contributed by atoms with Crippen LogP contribution in [0.1, 0.15) is 41.5 Å². The summed E-state index contributed by atoms with van der Waals surface area (Å²) in [6.07, 6.45) is 0. The van der Waals surface area contributed by atoms with Crippen molar-refractivity contribution in [1.82, 2.24) is 9.97 Å². The van der Waals surface area contributed by atoms with Crippen LogP contribution in [-0.2, 0) is 9.31 Å². The summed E-state index contributed by atoms with van der Waals surface area (Å²) in [6.45, 7) is 12.2. The van der Waals surface area contributed by atoms with E-state index in [4.69, 9.17) is 14.3 Å². The van der Waals surface area contributed by atoms with Gasteiger partial charge in [0.2, 0.25) is 0 Å². The Labute approximate surface area is 168 Å². The highest BCUT2D eigenvalue weighted by molar-refractivity contribution is 6.61. The summed E-state index contributed by atoms with van der Waals surface area (Å²) >= 11 is 0. The molecule has 6 heteroatoms. The zero-order valence-corrected chi connectivity index (χ0v) is 17.9. The molecule has 2 N–H and O–H groups in total. The second kappa shape index (κ2) is 7.61. The first-order valence-corrected chi connectivity index (χ1v) is 9.67. The molecule has 0 amide bonds. The highest BCUT2D eigenvalue weighted by Crippen LogP contribution is 2.22. The van der Waals surface area contributed by atoms with Gasteiger partial charge in [-0.1, -0.05) is 6.07 Å². The van der Waals surface area contributed by atoms with Gasteiger partial charge < -0.3 is 19.6 Å². The first kappa shape index (κ1) is 20.4. The molecule has 0 aliphatic carbocycles. The van der Waals surface area contributed by atoms with Crippen LogP contribution in [0.2, 0.25) is 0 Å². The lowest BCUT2D eigenvalue weighted by Crippen LogP contribution is -2.46. The summed E-state index contributed by atoms with van der Waals surface area (Å²) in [7, 11) is 1.46. The standard InChI is InChI=1S/C22H30BN3O2/c1-21(2,3)27-23(28-22(4,5)6)16-10-13-18-19(14-16)26-20(25-18)15-8-11-17(24-7)12-9-15/h8-14,24H,1-7H3,(H,25,26). The number of aromatic nitrogens is 2. The predicted octanol–water partition coefficient (Wildman–Crippen LogP) is 4.60. The fraction of sp³-hybridized carbons (Fsp3) is 0.409. The first-order valence-electron chi connectivity index (χ1n) is 9.67. The molecule has 5 nitrogen and oxygen atoms in total. The molecular weight excluding hydrogens is 349 g/mol. The van der Waals surface area contributed by atoms with Crippen molar-refractivity contribution < 1.29 is 9.31 Å². The second-order valence-corrected chi connectivity index (χ2v) is 8.98. The van der Waals surface area contributed by atoms with E-state index in [-0.39, 0.29) is 11.2 Å². The summed E-state index contributed by atoms with van der Waals surface area (Å²) in [6, 6.07) is 14.3. The van der Waals surface area contributed by atoms with Gasteiger partial charge in [-0.05, 0) is 83.4 Å². The quantitative estimate of drug-likeness (QED) is 0.637. The number of hydrogen-bond acceptors (Lipinski definition) is 4. The molecule has 0 bridgehead atoms. The summed E-state index contributed by atoms with van der Waals surface area (Å²) in [4.78, 5) is 8.16. The minimum Gasteiger partial charge on any atom is -0.403 e. The fourth-order valence-corrected chi connectivity index (χ4v) is 2.91. The molecule has 0 atom stereocenters. The number of fused-ring (bicyclic) bond motifs is 1. The monoisotopic (exact) mass is 379 g/mol. The van der Waals surface area contributed by atoms with Crippen molar-refractivity contribution in [2.45, 2.75) is 52.7 Å². The Kier molecular flexibility index (Phi) is 5.55. The fourth-order valence-electron chi connectivity index (χ4n) is 2.91. The summed E-state index contributed by atoms with van der Waals surface area (Å²) in [5, 5.41) is 3.13. The Bertz CT molecular complexity index is 921. The Morgan fingerprint density at radius 2 is 1.50 bits per heavy atom. The van der Waals surface area contributed by atoms with E-state index in [0.717, 1.165) is 33.6 Å². The highest BCUT2D eigenvalue weighted by atomic mass is 16.6. The summed E-state index contributed by atoms with van der Waals surface area (Å²) < 4.78 is 12.4. The van der Waals surface area contributed by atoms with Gasteiger partial charge in [-0.25, -0.2) is 4.98 Å². The van der Waals surface area contributed by atoms with Crippen LogP contribution in [0.5, 0.6) is 0 Å². The zero-order valence-electron chi connectivity index (χ0n) is 17.9. The van der Waals surface area contributed by atoms with Crippen molar-refractivity contribution in [3.8, 4) is 11.4 Å². The molecule has 148 valence electrons. The van der Waals surface area contributed by atoms with Crippen LogP contribution in [0.4, 0.5) is 5.69 Å². The largest absolute Gasteiger partial charge is 0.494 e. The number of anilines is 1. The molecule has 0 radical (unpaired) electrons. The van der Waals surface area contributed by atoms with Gasteiger partial charge in [0.25, 0.3) is 0 Å². The van der Waals surface area contributed by atoms with E-state index in [1.165, 1.54) is 0 Å². The van der Waals surface area contributed by atoms with E-state index >= 15 is 0 Å². The van der Waals surface area contributed by atoms with Crippen molar-refractivity contribution >= 4 is 29.3 Å². The molecule has 1 heterocycles. The molecule has 0 aliphatic rings. The highest BCUT2D eigenvalue weighted by Gasteiger charge is 2.32. The van der Waals surface area contributed by atoms with Crippen molar-refractivity contribution in [2.75, 3.05) is 12.4 Å². The Morgan fingerprint density at radius 3 is 2.04 bits per heavy atom. The van der Waals surface area contributed by atoms with E-state index in [1.54, 1.807) is 0 Å². The lowest BCUT2D eigenvalue weighted by molar-refractivity contribution is 0.0409. The van der Waals surface area contributed by atoms with Gasteiger partial charge in [0.15, 0.2) is 0 Å². The van der Waals surface area contributed by atoms with E-state index in [9.17, 15) is 0 Å². The van der Waals surface area contributed by atoms with E-state index < -0.39 is 7.12 Å². The molecule has 0 fully saturated rings. The number of nitrogens with zero attached hydrogens (tertiary/aromatic N) is 1. The van der Waals surface area contributed by atoms with Gasteiger partial charge in [0.1, 0.15) is 5.82 Å². The van der Waals surface area contributed by atoms with Gasteiger partial charge in [-0.3, -0.25) is 0 Å². The molecule has 0 saturated carbocycles. The zero-order chi connectivity index (χ0) is 20.5. The van der Waals surface area contributed by atoms with Crippen molar-refractivity contribution in [2.24, 2.45) is 0 Å². The lowest BCUT2D eigenvalue weighted by Gasteiger charge is -2.30. The molecule has 0 aliphatic heterocycles. The topological polar surface area (TPSA) is 59.2 Å². The minimum atomic E-state index is -0.453. The number of nitrogens with one attached hydrogen (secondary N) is 2. The normalized spacial score (nSPS) is 12.4. The van der Waals surface area contributed by atoms with Gasteiger partial charge in [-0.2, -0.15) is 0 Å². The molecule has 0 unspecified atom stereocenters. The SMILES string of the molecule is CNc1ccc(-c2nc3ccc(B(OC(C)(C)C)OC(C)(C)C)cc3[nH]2)cc1. The number of rotatable bonds is 5. The molecule has 0 spiro atoms. The molecule has 2 aromatic carbocycles. The van der Waals surface area contributed by atoms with Crippen LogP contribution < -0.4 is 10.8 Å². The summed E-state index contributed by atoms with van der Waals surface area (Å²) in [5.74, 6) is 0.847.